The molecule has 0 atom stereocenters. The highest BCUT2D eigenvalue weighted by Crippen LogP contribution is 2.18. The van der Waals surface area contributed by atoms with Gasteiger partial charge >= 0.3 is 6.01 Å². The predicted octanol–water partition coefficient (Wildman–Crippen LogP) is 3.68. The quantitative estimate of drug-likeness (QED) is 0.778. The summed E-state index contributed by atoms with van der Waals surface area (Å²) in [6.07, 6.45) is 1.93. The van der Waals surface area contributed by atoms with E-state index in [2.05, 4.69) is 9.97 Å². The Kier molecular flexibility index (Phi) is 4.70. The van der Waals surface area contributed by atoms with Crippen molar-refractivity contribution in [3.05, 3.63) is 82.8 Å². The standard InChI is InChI=1S/C19H18FN3O/c1-13-6-8-14(9-7-13)12-24-19-22-11-16(18(21)23-19)10-15-4-2-3-5-17(15)20/h2-9,11H,10,12H2,1H3,(H2,21,22,23). The van der Waals surface area contributed by atoms with Gasteiger partial charge in [-0.3, -0.25) is 0 Å². The molecule has 1 heterocycles. The van der Waals surface area contributed by atoms with E-state index in [9.17, 15) is 4.39 Å². The summed E-state index contributed by atoms with van der Waals surface area (Å²) in [5.41, 5.74) is 9.40. The van der Waals surface area contributed by atoms with Gasteiger partial charge in [0.2, 0.25) is 0 Å². The van der Waals surface area contributed by atoms with E-state index in [1.54, 1.807) is 24.4 Å². The molecule has 3 aromatic rings. The van der Waals surface area contributed by atoms with E-state index in [-0.39, 0.29) is 11.8 Å². The molecule has 0 saturated carbocycles. The minimum atomic E-state index is -0.267. The van der Waals surface area contributed by atoms with Crippen molar-refractivity contribution in [1.82, 2.24) is 9.97 Å². The zero-order valence-electron chi connectivity index (χ0n) is 13.4. The maximum absolute atomic E-state index is 13.7. The second-order valence-corrected chi connectivity index (χ2v) is 5.61. The van der Waals surface area contributed by atoms with Crippen LogP contribution in [0.4, 0.5) is 10.2 Å². The highest BCUT2D eigenvalue weighted by Gasteiger charge is 2.09. The van der Waals surface area contributed by atoms with Gasteiger partial charge in [-0.05, 0) is 24.1 Å². The lowest BCUT2D eigenvalue weighted by atomic mass is 10.1. The van der Waals surface area contributed by atoms with E-state index in [1.165, 1.54) is 11.6 Å². The normalized spacial score (nSPS) is 10.6. The summed E-state index contributed by atoms with van der Waals surface area (Å²) in [5, 5.41) is 0. The number of anilines is 1. The van der Waals surface area contributed by atoms with Crippen LogP contribution in [0.3, 0.4) is 0 Å². The van der Waals surface area contributed by atoms with Crippen molar-refractivity contribution in [3.63, 3.8) is 0 Å². The second-order valence-electron chi connectivity index (χ2n) is 5.61. The van der Waals surface area contributed by atoms with E-state index in [4.69, 9.17) is 10.5 Å². The molecule has 0 fully saturated rings. The summed E-state index contributed by atoms with van der Waals surface area (Å²) in [6.45, 7) is 2.40. The van der Waals surface area contributed by atoms with Gasteiger partial charge in [-0.25, -0.2) is 9.37 Å². The van der Waals surface area contributed by atoms with Crippen LogP contribution in [-0.4, -0.2) is 9.97 Å². The van der Waals surface area contributed by atoms with E-state index in [1.807, 2.05) is 31.2 Å². The van der Waals surface area contributed by atoms with Gasteiger partial charge in [0.25, 0.3) is 0 Å². The van der Waals surface area contributed by atoms with Gasteiger partial charge in [-0.15, -0.1) is 0 Å². The molecule has 1 aromatic heterocycles. The fraction of sp³-hybridized carbons (Fsp3) is 0.158. The van der Waals surface area contributed by atoms with Gasteiger partial charge in [0, 0.05) is 18.2 Å². The number of hydrogen-bond acceptors (Lipinski definition) is 4. The third kappa shape index (κ3) is 3.87. The van der Waals surface area contributed by atoms with Crippen molar-refractivity contribution in [2.45, 2.75) is 20.0 Å². The number of aryl methyl sites for hydroxylation is 1. The maximum Gasteiger partial charge on any atom is 0.318 e. The van der Waals surface area contributed by atoms with E-state index in [0.29, 0.717) is 30.0 Å². The molecule has 0 saturated heterocycles. The Bertz CT molecular complexity index is 834. The number of aromatic nitrogens is 2. The van der Waals surface area contributed by atoms with Crippen LogP contribution in [0, 0.1) is 12.7 Å². The summed E-state index contributed by atoms with van der Waals surface area (Å²) in [5.74, 6) is 0.0313. The first kappa shape index (κ1) is 15.9. The average molecular weight is 323 g/mol. The zero-order chi connectivity index (χ0) is 16.9. The molecule has 122 valence electrons. The second kappa shape index (κ2) is 7.08. The van der Waals surface area contributed by atoms with Crippen LogP contribution in [0.1, 0.15) is 22.3 Å². The Morgan fingerprint density at radius 2 is 1.79 bits per heavy atom. The minimum Gasteiger partial charge on any atom is -0.459 e. The van der Waals surface area contributed by atoms with Crippen LogP contribution in [0.2, 0.25) is 0 Å². The number of halogens is 1. The SMILES string of the molecule is Cc1ccc(COc2ncc(Cc3ccccc3F)c(N)n2)cc1. The molecule has 0 aliphatic rings. The van der Waals surface area contributed by atoms with Crippen LogP contribution >= 0.6 is 0 Å². The molecular weight excluding hydrogens is 305 g/mol. The molecule has 2 N–H and O–H groups in total. The molecule has 0 radical (unpaired) electrons. The van der Waals surface area contributed by atoms with E-state index in [0.717, 1.165) is 5.56 Å². The predicted molar refractivity (Wildman–Crippen MR) is 91.2 cm³/mol. The number of ether oxygens (including phenoxy) is 1. The van der Waals surface area contributed by atoms with Crippen molar-refractivity contribution in [3.8, 4) is 6.01 Å². The fourth-order valence-corrected chi connectivity index (χ4v) is 2.29. The van der Waals surface area contributed by atoms with Crippen molar-refractivity contribution in [2.75, 3.05) is 5.73 Å². The van der Waals surface area contributed by atoms with Gasteiger partial charge < -0.3 is 10.5 Å². The molecule has 5 heteroatoms. The minimum absolute atomic E-state index is 0.213. The molecule has 0 bridgehead atoms. The summed E-state index contributed by atoms with van der Waals surface area (Å²) in [4.78, 5) is 8.32. The zero-order valence-corrected chi connectivity index (χ0v) is 13.4. The van der Waals surface area contributed by atoms with Crippen molar-refractivity contribution in [2.24, 2.45) is 0 Å². The van der Waals surface area contributed by atoms with Crippen LogP contribution < -0.4 is 10.5 Å². The number of rotatable bonds is 5. The molecule has 24 heavy (non-hydrogen) atoms. The first-order valence-corrected chi connectivity index (χ1v) is 7.65. The van der Waals surface area contributed by atoms with Crippen LogP contribution in [0.25, 0.3) is 0 Å². The molecule has 0 amide bonds. The lowest BCUT2D eigenvalue weighted by Crippen LogP contribution is -2.05. The molecule has 0 spiro atoms. The Hall–Kier alpha value is -2.95. The lowest BCUT2D eigenvalue weighted by molar-refractivity contribution is 0.281. The maximum atomic E-state index is 13.7. The highest BCUT2D eigenvalue weighted by molar-refractivity contribution is 5.42. The molecule has 0 aliphatic carbocycles. The van der Waals surface area contributed by atoms with Crippen LogP contribution in [0.5, 0.6) is 6.01 Å². The first-order valence-electron chi connectivity index (χ1n) is 7.65. The molecule has 0 aliphatic heterocycles. The van der Waals surface area contributed by atoms with Gasteiger partial charge in [-0.2, -0.15) is 4.98 Å². The van der Waals surface area contributed by atoms with Gasteiger partial charge in [-0.1, -0.05) is 48.0 Å². The Morgan fingerprint density at radius 3 is 2.50 bits per heavy atom. The van der Waals surface area contributed by atoms with Crippen LogP contribution in [-0.2, 0) is 13.0 Å². The number of hydrogen-bond donors (Lipinski definition) is 1. The summed E-state index contributed by atoms with van der Waals surface area (Å²) < 4.78 is 19.3. The van der Waals surface area contributed by atoms with E-state index >= 15 is 0 Å². The molecule has 4 nitrogen and oxygen atoms in total. The summed E-state index contributed by atoms with van der Waals surface area (Å²) >= 11 is 0. The Labute approximate surface area is 140 Å². The largest absolute Gasteiger partial charge is 0.459 e. The van der Waals surface area contributed by atoms with Crippen molar-refractivity contribution < 1.29 is 9.13 Å². The van der Waals surface area contributed by atoms with Gasteiger partial charge in [0.05, 0.1) is 0 Å². The van der Waals surface area contributed by atoms with E-state index < -0.39 is 0 Å². The lowest BCUT2D eigenvalue weighted by Gasteiger charge is -2.09. The van der Waals surface area contributed by atoms with Crippen molar-refractivity contribution >= 4 is 5.82 Å². The Balaban J connectivity index is 1.68. The van der Waals surface area contributed by atoms with Crippen LogP contribution in [0.15, 0.2) is 54.7 Å². The number of nitrogen functional groups attached to an aromatic ring is 1. The third-order valence-electron chi connectivity index (χ3n) is 3.70. The number of nitrogens with zero attached hydrogens (tertiary/aromatic N) is 2. The topological polar surface area (TPSA) is 61.0 Å². The molecular formula is C19H18FN3O. The molecule has 0 unspecified atom stereocenters. The van der Waals surface area contributed by atoms with Crippen molar-refractivity contribution in [1.29, 1.82) is 0 Å². The Morgan fingerprint density at radius 1 is 1.04 bits per heavy atom. The number of nitrogens with two attached hydrogens (primary N) is 1. The highest BCUT2D eigenvalue weighted by atomic mass is 19.1. The van der Waals surface area contributed by atoms with Gasteiger partial charge in [0.15, 0.2) is 0 Å². The summed E-state index contributed by atoms with van der Waals surface area (Å²) in [6, 6.07) is 14.8. The molecule has 3 rings (SSSR count). The number of benzene rings is 2. The smallest absolute Gasteiger partial charge is 0.318 e. The summed E-state index contributed by atoms with van der Waals surface area (Å²) in [7, 11) is 0. The van der Waals surface area contributed by atoms with Gasteiger partial charge in [0.1, 0.15) is 18.2 Å². The monoisotopic (exact) mass is 323 g/mol. The fourth-order valence-electron chi connectivity index (χ4n) is 2.29. The average Bonchev–Trinajstić information content (AvgIpc) is 2.58. The molecule has 2 aromatic carbocycles. The third-order valence-corrected chi connectivity index (χ3v) is 3.70. The first-order chi connectivity index (χ1) is 11.6.